The molecular formula is C19H20Cl2N4O3. The molecule has 7 nitrogen and oxygen atoms in total. The molecule has 2 aromatic rings. The summed E-state index contributed by atoms with van der Waals surface area (Å²) in [5.74, 6) is -0.206. The molecule has 148 valence electrons. The van der Waals surface area contributed by atoms with Gasteiger partial charge < -0.3 is 5.32 Å². The first-order valence-electron chi connectivity index (χ1n) is 8.83. The van der Waals surface area contributed by atoms with Gasteiger partial charge >= 0.3 is 0 Å². The van der Waals surface area contributed by atoms with E-state index >= 15 is 0 Å². The van der Waals surface area contributed by atoms with Gasteiger partial charge in [-0.3, -0.25) is 24.7 Å². The van der Waals surface area contributed by atoms with E-state index < -0.39 is 4.92 Å². The van der Waals surface area contributed by atoms with Crippen LogP contribution in [0.3, 0.4) is 0 Å². The summed E-state index contributed by atoms with van der Waals surface area (Å²) in [6.07, 6.45) is 0. The number of benzene rings is 2. The van der Waals surface area contributed by atoms with Gasteiger partial charge in [0.15, 0.2) is 0 Å². The van der Waals surface area contributed by atoms with E-state index in [1.165, 1.54) is 17.7 Å². The number of nitrogens with one attached hydrogen (secondary N) is 1. The van der Waals surface area contributed by atoms with Gasteiger partial charge in [0.2, 0.25) is 5.91 Å². The molecule has 0 aliphatic carbocycles. The third-order valence-corrected chi connectivity index (χ3v) is 5.15. The first-order chi connectivity index (χ1) is 13.4. The van der Waals surface area contributed by atoms with Crippen LogP contribution in [-0.4, -0.2) is 53.4 Å². The Balaban J connectivity index is 1.46. The molecule has 1 fully saturated rings. The maximum absolute atomic E-state index is 12.3. The number of rotatable bonds is 6. The average molecular weight is 423 g/mol. The lowest BCUT2D eigenvalue weighted by Gasteiger charge is -2.34. The minimum atomic E-state index is -0.572. The fraction of sp³-hybridized carbons (Fsp3) is 0.316. The Morgan fingerprint density at radius 3 is 2.32 bits per heavy atom. The molecule has 0 unspecified atom stereocenters. The van der Waals surface area contributed by atoms with Gasteiger partial charge in [-0.25, -0.2) is 0 Å². The van der Waals surface area contributed by atoms with E-state index in [4.69, 9.17) is 23.2 Å². The van der Waals surface area contributed by atoms with Gasteiger partial charge in [-0.1, -0.05) is 35.3 Å². The first-order valence-corrected chi connectivity index (χ1v) is 9.59. The van der Waals surface area contributed by atoms with E-state index in [-0.39, 0.29) is 23.2 Å². The second-order valence-electron chi connectivity index (χ2n) is 6.65. The zero-order valence-electron chi connectivity index (χ0n) is 15.1. The van der Waals surface area contributed by atoms with Crippen molar-refractivity contribution in [3.05, 3.63) is 68.2 Å². The van der Waals surface area contributed by atoms with Gasteiger partial charge in [-0.15, -0.1) is 0 Å². The van der Waals surface area contributed by atoms with Crippen molar-refractivity contribution < 1.29 is 9.72 Å². The normalized spacial score (nSPS) is 15.4. The number of nitro groups is 1. The van der Waals surface area contributed by atoms with Crippen LogP contribution in [0.2, 0.25) is 10.0 Å². The van der Waals surface area contributed by atoms with Crippen LogP contribution in [0.4, 0.5) is 11.4 Å². The third kappa shape index (κ3) is 5.65. The van der Waals surface area contributed by atoms with E-state index in [2.05, 4.69) is 15.1 Å². The van der Waals surface area contributed by atoms with E-state index in [1.807, 2.05) is 24.3 Å². The summed E-state index contributed by atoms with van der Waals surface area (Å²) >= 11 is 11.7. The van der Waals surface area contributed by atoms with Gasteiger partial charge in [0.05, 0.1) is 11.5 Å². The zero-order valence-corrected chi connectivity index (χ0v) is 16.6. The highest BCUT2D eigenvalue weighted by Crippen LogP contribution is 2.27. The number of hydrogen-bond donors (Lipinski definition) is 1. The van der Waals surface area contributed by atoms with Crippen LogP contribution in [0.1, 0.15) is 5.56 Å². The van der Waals surface area contributed by atoms with E-state index in [0.29, 0.717) is 5.69 Å². The molecule has 1 aliphatic rings. The molecule has 1 N–H and O–H groups in total. The summed E-state index contributed by atoms with van der Waals surface area (Å²) in [6, 6.07) is 12.0. The Kier molecular flexibility index (Phi) is 6.85. The van der Waals surface area contributed by atoms with Crippen LogP contribution in [0.15, 0.2) is 42.5 Å². The van der Waals surface area contributed by atoms with Crippen molar-refractivity contribution in [2.24, 2.45) is 0 Å². The van der Waals surface area contributed by atoms with Crippen LogP contribution >= 0.6 is 23.2 Å². The van der Waals surface area contributed by atoms with Crippen molar-refractivity contribution in [1.82, 2.24) is 9.80 Å². The van der Waals surface area contributed by atoms with Gasteiger partial charge in [-0.2, -0.15) is 0 Å². The minimum absolute atomic E-state index is 0.0415. The molecule has 0 atom stereocenters. The van der Waals surface area contributed by atoms with Crippen molar-refractivity contribution in [2.45, 2.75) is 6.54 Å². The topological polar surface area (TPSA) is 78.7 Å². The maximum atomic E-state index is 12.3. The highest BCUT2D eigenvalue weighted by Gasteiger charge is 2.20. The number of hydrogen-bond acceptors (Lipinski definition) is 5. The van der Waals surface area contributed by atoms with Crippen LogP contribution < -0.4 is 5.32 Å². The number of carbonyl (C=O) groups excluding carboxylic acids is 1. The number of amides is 1. The number of carbonyl (C=O) groups is 1. The predicted molar refractivity (Wildman–Crippen MR) is 110 cm³/mol. The van der Waals surface area contributed by atoms with Crippen LogP contribution in [0.25, 0.3) is 0 Å². The Bertz CT molecular complexity index is 853. The van der Waals surface area contributed by atoms with Gasteiger partial charge in [-0.05, 0) is 29.8 Å². The first kappa shape index (κ1) is 20.5. The summed E-state index contributed by atoms with van der Waals surface area (Å²) in [7, 11) is 0. The lowest BCUT2D eigenvalue weighted by Crippen LogP contribution is -2.48. The molecular weight excluding hydrogens is 403 g/mol. The van der Waals surface area contributed by atoms with Gasteiger partial charge in [0.1, 0.15) is 5.02 Å². The molecule has 1 amide bonds. The van der Waals surface area contributed by atoms with Crippen molar-refractivity contribution in [3.63, 3.8) is 0 Å². The van der Waals surface area contributed by atoms with Crippen molar-refractivity contribution in [3.8, 4) is 0 Å². The number of halogens is 2. The number of anilines is 1. The fourth-order valence-electron chi connectivity index (χ4n) is 3.09. The SMILES string of the molecule is O=C(CN1CCN(Cc2ccc(Cl)cc2)CC1)Nc1ccc(Cl)c([N+](=O)[O-])c1. The molecule has 2 aromatic carbocycles. The number of nitrogens with zero attached hydrogens (tertiary/aromatic N) is 3. The van der Waals surface area contributed by atoms with Crippen molar-refractivity contribution in [1.29, 1.82) is 0 Å². The lowest BCUT2D eigenvalue weighted by molar-refractivity contribution is -0.384. The molecule has 0 bridgehead atoms. The Morgan fingerprint density at radius 1 is 1.04 bits per heavy atom. The lowest BCUT2D eigenvalue weighted by atomic mass is 10.2. The third-order valence-electron chi connectivity index (χ3n) is 4.58. The monoisotopic (exact) mass is 422 g/mol. The summed E-state index contributed by atoms with van der Waals surface area (Å²) < 4.78 is 0. The Hall–Kier alpha value is -2.19. The van der Waals surface area contributed by atoms with Crippen LogP contribution in [0, 0.1) is 10.1 Å². The largest absolute Gasteiger partial charge is 0.325 e. The molecule has 9 heteroatoms. The molecule has 1 saturated heterocycles. The number of piperazine rings is 1. The second kappa shape index (κ2) is 9.34. The van der Waals surface area contributed by atoms with E-state index in [9.17, 15) is 14.9 Å². The summed E-state index contributed by atoms with van der Waals surface area (Å²) in [4.78, 5) is 27.0. The van der Waals surface area contributed by atoms with Crippen LogP contribution in [0.5, 0.6) is 0 Å². The number of nitro benzene ring substituents is 1. The molecule has 0 radical (unpaired) electrons. The average Bonchev–Trinajstić information content (AvgIpc) is 2.66. The summed E-state index contributed by atoms with van der Waals surface area (Å²) in [5, 5.41) is 14.4. The van der Waals surface area contributed by atoms with Gasteiger partial charge in [0.25, 0.3) is 5.69 Å². The molecule has 0 spiro atoms. The smallest absolute Gasteiger partial charge is 0.289 e. The predicted octanol–water partition coefficient (Wildman–Crippen LogP) is 3.66. The molecule has 28 heavy (non-hydrogen) atoms. The molecule has 3 rings (SSSR count). The highest BCUT2D eigenvalue weighted by molar-refractivity contribution is 6.32. The standard InChI is InChI=1S/C19H20Cl2N4O3/c20-15-3-1-14(2-4-15)12-23-7-9-24(10-8-23)13-19(26)22-16-5-6-17(21)18(11-16)25(27)28/h1-6,11H,7-10,12-13H2,(H,22,26). The van der Waals surface area contributed by atoms with E-state index in [1.54, 1.807) is 6.07 Å². The Morgan fingerprint density at radius 2 is 1.68 bits per heavy atom. The molecule has 0 aromatic heterocycles. The molecule has 1 aliphatic heterocycles. The van der Waals surface area contributed by atoms with Crippen molar-refractivity contribution >= 4 is 40.5 Å². The summed E-state index contributed by atoms with van der Waals surface area (Å²) in [5.41, 5.74) is 1.35. The van der Waals surface area contributed by atoms with Crippen molar-refractivity contribution in [2.75, 3.05) is 38.0 Å². The Labute approximate surface area is 173 Å². The molecule has 0 saturated carbocycles. The minimum Gasteiger partial charge on any atom is -0.325 e. The van der Waals surface area contributed by atoms with Gasteiger partial charge in [0, 0.05) is 49.5 Å². The maximum Gasteiger partial charge on any atom is 0.289 e. The second-order valence-corrected chi connectivity index (χ2v) is 7.49. The van der Waals surface area contributed by atoms with E-state index in [0.717, 1.165) is 37.7 Å². The van der Waals surface area contributed by atoms with Crippen LogP contribution in [-0.2, 0) is 11.3 Å². The summed E-state index contributed by atoms with van der Waals surface area (Å²) in [6.45, 7) is 4.38. The molecule has 1 heterocycles. The quantitative estimate of drug-likeness (QED) is 0.567. The fourth-order valence-corrected chi connectivity index (χ4v) is 3.40. The zero-order chi connectivity index (χ0) is 20.1. The highest BCUT2D eigenvalue weighted by atomic mass is 35.5.